The van der Waals surface area contributed by atoms with E-state index in [-0.39, 0.29) is 17.5 Å². The van der Waals surface area contributed by atoms with Crippen LogP contribution in [-0.4, -0.2) is 31.6 Å². The topological polar surface area (TPSA) is 111 Å². The number of hydrogen-bond donors (Lipinski definition) is 2. The van der Waals surface area contributed by atoms with E-state index in [1.807, 2.05) is 30.8 Å². The first-order chi connectivity index (χ1) is 20.2. The predicted octanol–water partition coefficient (Wildman–Crippen LogP) is 6.50. The smallest absolute Gasteiger partial charge is 0.240 e. The normalized spacial score (nSPS) is 13.6. The number of fused-ring (bicyclic) bond motifs is 1. The Balaban J connectivity index is 1.15. The van der Waals surface area contributed by atoms with Crippen molar-refractivity contribution >= 4 is 34.1 Å². The Morgan fingerprint density at radius 1 is 0.905 bits per heavy atom. The van der Waals surface area contributed by atoms with E-state index in [4.69, 9.17) is 4.74 Å². The number of carbonyl (C=O) groups excluding carboxylic acids is 2. The molecule has 6 rings (SSSR count). The van der Waals surface area contributed by atoms with Crippen LogP contribution in [0.2, 0.25) is 0 Å². The van der Waals surface area contributed by atoms with Crippen LogP contribution in [0.25, 0.3) is 22.2 Å². The fourth-order valence-corrected chi connectivity index (χ4v) is 4.51. The largest absolute Gasteiger partial charge is 0.453 e. The first kappa shape index (κ1) is 27.0. The molecule has 0 unspecified atom stereocenters. The lowest BCUT2D eigenvalue weighted by Crippen LogP contribution is -2.35. The third-order valence-corrected chi connectivity index (χ3v) is 7.14. The van der Waals surface area contributed by atoms with Gasteiger partial charge in [0.25, 0.3) is 0 Å². The van der Waals surface area contributed by atoms with E-state index >= 15 is 4.39 Å². The Kier molecular flexibility index (Phi) is 6.85. The zero-order valence-corrected chi connectivity index (χ0v) is 22.8. The van der Waals surface area contributed by atoms with Gasteiger partial charge in [0, 0.05) is 47.6 Å². The van der Waals surface area contributed by atoms with Crippen LogP contribution in [0.4, 0.5) is 20.2 Å². The summed E-state index contributed by atoms with van der Waals surface area (Å²) in [5.74, 6) is -1.88. The van der Waals surface area contributed by atoms with Gasteiger partial charge < -0.3 is 15.4 Å². The Morgan fingerprint density at radius 3 is 2.29 bits per heavy atom. The number of rotatable bonds is 8. The van der Waals surface area contributed by atoms with Gasteiger partial charge in [-0.15, -0.1) is 0 Å². The predicted molar refractivity (Wildman–Crippen MR) is 153 cm³/mol. The summed E-state index contributed by atoms with van der Waals surface area (Å²) in [6.45, 7) is 4.07. The standard InChI is InChI=1S/C31H26F2N6O3/c1-18(2)39-17-19(15-36-39)25-14-26-23(16-35-25)27(9-12-34-26)42-28-8-7-22(13-24(28)33)38-30(41)31(10-11-31)29(40)37-21-5-3-20(32)4-6-21/h3-9,12-18H,10-11H2,1-2H3,(H,37,40)(H,38,41). The molecule has 2 aromatic carbocycles. The molecule has 0 atom stereocenters. The molecule has 2 N–H and O–H groups in total. The number of hydrogen-bond acceptors (Lipinski definition) is 6. The van der Waals surface area contributed by atoms with Crippen molar-refractivity contribution in [3.05, 3.63) is 91.0 Å². The number of pyridine rings is 2. The zero-order chi connectivity index (χ0) is 29.4. The monoisotopic (exact) mass is 568 g/mol. The fourth-order valence-electron chi connectivity index (χ4n) is 4.51. The summed E-state index contributed by atoms with van der Waals surface area (Å²) in [7, 11) is 0. The van der Waals surface area contributed by atoms with Gasteiger partial charge in [0.2, 0.25) is 11.8 Å². The van der Waals surface area contributed by atoms with Gasteiger partial charge >= 0.3 is 0 Å². The van der Waals surface area contributed by atoms with Crippen molar-refractivity contribution in [1.29, 1.82) is 0 Å². The molecular formula is C31H26F2N6O3. The molecule has 9 nitrogen and oxygen atoms in total. The average molecular weight is 569 g/mol. The van der Waals surface area contributed by atoms with E-state index in [9.17, 15) is 14.0 Å². The quantitative estimate of drug-likeness (QED) is 0.207. The minimum absolute atomic E-state index is 0.0574. The van der Waals surface area contributed by atoms with Crippen LogP contribution in [0.15, 0.2) is 79.4 Å². The van der Waals surface area contributed by atoms with E-state index in [2.05, 4.69) is 25.7 Å². The Morgan fingerprint density at radius 2 is 1.62 bits per heavy atom. The van der Waals surface area contributed by atoms with Crippen molar-refractivity contribution in [3.8, 4) is 22.8 Å². The van der Waals surface area contributed by atoms with Crippen LogP contribution >= 0.6 is 0 Å². The molecule has 1 fully saturated rings. The molecule has 1 saturated carbocycles. The molecule has 0 saturated heterocycles. The van der Waals surface area contributed by atoms with Gasteiger partial charge in [-0.3, -0.25) is 24.2 Å². The highest BCUT2D eigenvalue weighted by Crippen LogP contribution is 2.47. The Labute approximate surface area is 239 Å². The summed E-state index contributed by atoms with van der Waals surface area (Å²) in [6.07, 6.45) is 7.54. The Bertz CT molecular complexity index is 1820. The molecule has 0 bridgehead atoms. The van der Waals surface area contributed by atoms with Gasteiger partial charge in [-0.1, -0.05) is 0 Å². The average Bonchev–Trinajstić information content (AvgIpc) is 3.65. The number of amides is 2. The molecule has 42 heavy (non-hydrogen) atoms. The van der Waals surface area contributed by atoms with Crippen LogP contribution in [0.1, 0.15) is 32.7 Å². The van der Waals surface area contributed by atoms with E-state index in [1.54, 1.807) is 24.7 Å². The number of carbonyl (C=O) groups is 2. The summed E-state index contributed by atoms with van der Waals surface area (Å²) in [5.41, 5.74) is 1.46. The van der Waals surface area contributed by atoms with E-state index < -0.39 is 28.9 Å². The van der Waals surface area contributed by atoms with Crippen LogP contribution in [0, 0.1) is 17.0 Å². The second-order valence-corrected chi connectivity index (χ2v) is 10.4. The van der Waals surface area contributed by atoms with Gasteiger partial charge in [-0.05, 0) is 75.2 Å². The highest BCUT2D eigenvalue weighted by atomic mass is 19.1. The van der Waals surface area contributed by atoms with Crippen molar-refractivity contribution in [1.82, 2.24) is 19.7 Å². The number of nitrogens with zero attached hydrogens (tertiary/aromatic N) is 4. The number of halogens is 2. The SMILES string of the molecule is CC(C)n1cc(-c2cc3nccc(Oc4ccc(NC(=O)C5(C(=O)Nc6ccc(F)cc6)CC5)cc4F)c3cn2)cn1. The third kappa shape index (κ3) is 5.28. The summed E-state index contributed by atoms with van der Waals surface area (Å²) in [4.78, 5) is 34.7. The molecule has 0 spiro atoms. The van der Waals surface area contributed by atoms with Crippen molar-refractivity contribution in [2.45, 2.75) is 32.7 Å². The van der Waals surface area contributed by atoms with E-state index in [1.165, 1.54) is 36.4 Å². The second kappa shape index (κ2) is 10.7. The van der Waals surface area contributed by atoms with E-state index in [0.29, 0.717) is 40.9 Å². The molecule has 5 aromatic rings. The van der Waals surface area contributed by atoms with Crippen LogP contribution in [0.3, 0.4) is 0 Å². The minimum atomic E-state index is -1.27. The highest BCUT2D eigenvalue weighted by molar-refractivity contribution is 6.16. The summed E-state index contributed by atoms with van der Waals surface area (Å²) >= 11 is 0. The molecule has 3 aromatic heterocycles. The van der Waals surface area contributed by atoms with Gasteiger partial charge in [0.15, 0.2) is 11.6 Å². The summed E-state index contributed by atoms with van der Waals surface area (Å²) in [5, 5.41) is 10.2. The molecule has 11 heteroatoms. The van der Waals surface area contributed by atoms with Gasteiger partial charge in [0.1, 0.15) is 17.0 Å². The number of benzene rings is 2. The van der Waals surface area contributed by atoms with Crippen LogP contribution in [0.5, 0.6) is 11.5 Å². The molecule has 0 aliphatic heterocycles. The lowest BCUT2D eigenvalue weighted by molar-refractivity contribution is -0.131. The molecular weight excluding hydrogens is 542 g/mol. The van der Waals surface area contributed by atoms with Gasteiger partial charge in [0.05, 0.1) is 22.8 Å². The maximum Gasteiger partial charge on any atom is 0.240 e. The maximum atomic E-state index is 15.1. The van der Waals surface area contributed by atoms with Crippen molar-refractivity contribution < 1.29 is 23.1 Å². The zero-order valence-electron chi connectivity index (χ0n) is 22.8. The van der Waals surface area contributed by atoms with Crippen molar-refractivity contribution in [3.63, 3.8) is 0 Å². The number of ether oxygens (including phenoxy) is 1. The first-order valence-corrected chi connectivity index (χ1v) is 13.4. The lowest BCUT2D eigenvalue weighted by Gasteiger charge is -2.16. The number of anilines is 2. The minimum Gasteiger partial charge on any atom is -0.453 e. The highest BCUT2D eigenvalue weighted by Gasteiger charge is 2.56. The lowest BCUT2D eigenvalue weighted by atomic mass is 10.0. The second-order valence-electron chi connectivity index (χ2n) is 10.4. The van der Waals surface area contributed by atoms with Crippen LogP contribution < -0.4 is 15.4 Å². The molecule has 0 radical (unpaired) electrons. The molecule has 1 aliphatic carbocycles. The summed E-state index contributed by atoms with van der Waals surface area (Å²) < 4.78 is 36.0. The number of nitrogens with one attached hydrogen (secondary N) is 2. The third-order valence-electron chi connectivity index (χ3n) is 7.14. The van der Waals surface area contributed by atoms with Crippen molar-refractivity contribution in [2.24, 2.45) is 5.41 Å². The molecule has 1 aliphatic rings. The van der Waals surface area contributed by atoms with E-state index in [0.717, 1.165) is 11.6 Å². The number of aromatic nitrogens is 4. The fraction of sp³-hybridized carbons (Fsp3) is 0.194. The van der Waals surface area contributed by atoms with Crippen LogP contribution in [-0.2, 0) is 9.59 Å². The summed E-state index contributed by atoms with van der Waals surface area (Å²) in [6, 6.07) is 12.9. The molecule has 212 valence electrons. The molecule has 2 amide bonds. The van der Waals surface area contributed by atoms with Crippen molar-refractivity contribution in [2.75, 3.05) is 10.6 Å². The van der Waals surface area contributed by atoms with Gasteiger partial charge in [-0.25, -0.2) is 8.78 Å². The Hall–Kier alpha value is -5.19. The first-order valence-electron chi connectivity index (χ1n) is 13.4. The maximum absolute atomic E-state index is 15.1. The molecule has 3 heterocycles. The van der Waals surface area contributed by atoms with Gasteiger partial charge in [-0.2, -0.15) is 5.10 Å².